The van der Waals surface area contributed by atoms with Crippen LogP contribution in [0.25, 0.3) is 5.76 Å². The Morgan fingerprint density at radius 1 is 1.05 bits per heavy atom. The third-order valence-electron chi connectivity index (χ3n) is 6.99. The van der Waals surface area contributed by atoms with Crippen LogP contribution in [0.5, 0.6) is 0 Å². The first kappa shape index (κ1) is 28.2. The summed E-state index contributed by atoms with van der Waals surface area (Å²) in [5, 5.41) is 11.6. The Balaban J connectivity index is 2.02. The second-order valence-electron chi connectivity index (χ2n) is 9.91. The number of amides is 2. The topological polar surface area (TPSA) is 119 Å². The van der Waals surface area contributed by atoms with E-state index >= 15 is 0 Å². The molecule has 206 valence electrons. The summed E-state index contributed by atoms with van der Waals surface area (Å²) in [6.07, 6.45) is 2.01. The van der Waals surface area contributed by atoms with Gasteiger partial charge in [-0.15, -0.1) is 6.58 Å². The van der Waals surface area contributed by atoms with Gasteiger partial charge in [0.1, 0.15) is 5.76 Å². The average Bonchev–Trinajstić information content (AvgIpc) is 3.27. The number of aliphatic hydroxyl groups excluding tert-OH is 1. The second kappa shape index (κ2) is 10.4. The molecule has 1 N–H and O–H groups in total. The van der Waals surface area contributed by atoms with Crippen LogP contribution >= 0.6 is 0 Å². The lowest BCUT2D eigenvalue weighted by Crippen LogP contribution is -2.52. The standard InChI is InChI=1S/C28H32N4O6S/c1-6-15-31-22-14-8-7-13-21(22)28(27(31)36)23(25(34)26(35)32(28)17-10-16-29(2)3)24(33)19-11-9-12-20(18-19)39(37,38)30(4)5/h6-9,11-14,18,33H,1,10,15-17H2,2-5H3/b24-23-. The number of fused-ring (bicyclic) bond motifs is 2. The Morgan fingerprint density at radius 2 is 1.74 bits per heavy atom. The molecular weight excluding hydrogens is 520 g/mol. The molecule has 1 atom stereocenters. The van der Waals surface area contributed by atoms with Crippen molar-refractivity contribution >= 4 is 39.1 Å². The largest absolute Gasteiger partial charge is 0.507 e. The van der Waals surface area contributed by atoms with Crippen molar-refractivity contribution in [3.8, 4) is 0 Å². The van der Waals surface area contributed by atoms with Crippen molar-refractivity contribution in [2.24, 2.45) is 0 Å². The Labute approximate surface area is 228 Å². The van der Waals surface area contributed by atoms with Gasteiger partial charge in [-0.2, -0.15) is 0 Å². The molecule has 4 rings (SSSR count). The van der Waals surface area contributed by atoms with Crippen LogP contribution in [0, 0.1) is 0 Å². The molecule has 0 aliphatic carbocycles. The Hall–Kier alpha value is -3.80. The molecule has 0 bridgehead atoms. The van der Waals surface area contributed by atoms with E-state index < -0.39 is 38.9 Å². The SMILES string of the molecule is C=CCN1C(=O)C2(/C(=C(\O)c3cccc(S(=O)(=O)N(C)C)c3)C(=O)C(=O)N2CCCN(C)C)c2ccccc21. The van der Waals surface area contributed by atoms with Crippen molar-refractivity contribution < 1.29 is 27.9 Å². The van der Waals surface area contributed by atoms with Crippen LogP contribution < -0.4 is 4.90 Å². The molecule has 11 heteroatoms. The van der Waals surface area contributed by atoms with Crippen molar-refractivity contribution in [1.82, 2.24) is 14.1 Å². The number of hydrogen-bond acceptors (Lipinski definition) is 7. The fraction of sp³-hybridized carbons (Fsp3) is 0.321. The molecule has 0 aromatic heterocycles. The lowest BCUT2D eigenvalue weighted by molar-refractivity contribution is -0.143. The predicted molar refractivity (Wildman–Crippen MR) is 147 cm³/mol. The van der Waals surface area contributed by atoms with Gasteiger partial charge in [0.15, 0.2) is 5.54 Å². The molecular formula is C28H32N4O6S. The number of carbonyl (C=O) groups excluding carboxylic acids is 3. The van der Waals surface area contributed by atoms with Crippen LogP contribution in [0.1, 0.15) is 17.5 Å². The number of rotatable bonds is 9. The third-order valence-corrected chi connectivity index (χ3v) is 8.81. The second-order valence-corrected chi connectivity index (χ2v) is 12.1. The van der Waals surface area contributed by atoms with Crippen LogP contribution in [-0.4, -0.2) is 93.1 Å². The summed E-state index contributed by atoms with van der Waals surface area (Å²) in [5.41, 5.74) is -1.42. The van der Waals surface area contributed by atoms with Crippen LogP contribution in [0.2, 0.25) is 0 Å². The van der Waals surface area contributed by atoms with Crippen LogP contribution in [-0.2, 0) is 29.9 Å². The fourth-order valence-electron chi connectivity index (χ4n) is 5.18. The highest BCUT2D eigenvalue weighted by Crippen LogP contribution is 2.53. The van der Waals surface area contributed by atoms with E-state index in [1.54, 1.807) is 30.3 Å². The van der Waals surface area contributed by atoms with Crippen molar-refractivity contribution in [3.05, 3.63) is 77.9 Å². The number of aliphatic hydroxyl groups is 1. The number of Topliss-reactive ketones (excluding diaryl/α,β-unsaturated/α-hetero) is 1. The summed E-state index contributed by atoms with van der Waals surface area (Å²) in [5.74, 6) is -3.10. The zero-order valence-corrected chi connectivity index (χ0v) is 23.2. The Bertz CT molecular complexity index is 1500. The number of hydrogen-bond donors (Lipinski definition) is 1. The number of likely N-dealkylation sites (tertiary alicyclic amines) is 1. The zero-order valence-electron chi connectivity index (χ0n) is 22.4. The average molecular weight is 553 g/mol. The summed E-state index contributed by atoms with van der Waals surface area (Å²) in [6, 6.07) is 12.3. The molecule has 1 spiro atoms. The number of sulfonamides is 1. The quantitative estimate of drug-likeness (QED) is 0.219. The first-order valence-electron chi connectivity index (χ1n) is 12.4. The molecule has 39 heavy (non-hydrogen) atoms. The lowest BCUT2D eigenvalue weighted by Gasteiger charge is -2.34. The maximum Gasteiger partial charge on any atom is 0.296 e. The number of nitrogens with zero attached hydrogens (tertiary/aromatic N) is 4. The summed E-state index contributed by atoms with van der Waals surface area (Å²) in [6.45, 7) is 4.54. The minimum Gasteiger partial charge on any atom is -0.507 e. The Morgan fingerprint density at radius 3 is 2.38 bits per heavy atom. The van der Waals surface area contributed by atoms with Gasteiger partial charge in [0.2, 0.25) is 10.0 Å². The molecule has 2 aliphatic heterocycles. The van der Waals surface area contributed by atoms with Crippen molar-refractivity contribution in [2.45, 2.75) is 16.9 Å². The first-order chi connectivity index (χ1) is 18.4. The van der Waals surface area contributed by atoms with Crippen LogP contribution in [0.15, 0.2) is 71.7 Å². The molecule has 10 nitrogen and oxygen atoms in total. The van der Waals surface area contributed by atoms with Gasteiger partial charge >= 0.3 is 0 Å². The molecule has 2 aromatic rings. The van der Waals surface area contributed by atoms with E-state index in [1.165, 1.54) is 48.2 Å². The van der Waals surface area contributed by atoms with Crippen LogP contribution in [0.4, 0.5) is 5.69 Å². The zero-order chi connectivity index (χ0) is 28.7. The first-order valence-corrected chi connectivity index (χ1v) is 13.8. The maximum atomic E-state index is 14.3. The van der Waals surface area contributed by atoms with Gasteiger partial charge in [-0.1, -0.05) is 36.4 Å². The van der Waals surface area contributed by atoms with Crippen LogP contribution in [0.3, 0.4) is 0 Å². The molecule has 1 saturated heterocycles. The normalized spacial score (nSPS) is 20.5. The van der Waals surface area contributed by atoms with E-state index in [0.717, 1.165) is 4.31 Å². The monoisotopic (exact) mass is 552 g/mol. The van der Waals surface area contributed by atoms with Gasteiger partial charge in [0.25, 0.3) is 17.6 Å². The maximum absolute atomic E-state index is 14.3. The van der Waals surface area contributed by atoms with Gasteiger partial charge in [0.05, 0.1) is 16.2 Å². The molecule has 2 aromatic carbocycles. The van der Waals surface area contributed by atoms with E-state index in [4.69, 9.17) is 0 Å². The van der Waals surface area contributed by atoms with Crippen molar-refractivity contribution in [3.63, 3.8) is 0 Å². The number of anilines is 1. The van der Waals surface area contributed by atoms with E-state index in [2.05, 4.69) is 6.58 Å². The third kappa shape index (κ3) is 4.36. The van der Waals surface area contributed by atoms with E-state index in [9.17, 15) is 27.9 Å². The van der Waals surface area contributed by atoms with Gasteiger partial charge < -0.3 is 19.8 Å². The summed E-state index contributed by atoms with van der Waals surface area (Å²) in [7, 11) is 2.64. The van der Waals surface area contributed by atoms with Gasteiger partial charge in [0, 0.05) is 38.3 Å². The molecule has 1 fully saturated rings. The van der Waals surface area contributed by atoms with Crippen molar-refractivity contribution in [2.75, 3.05) is 52.7 Å². The minimum atomic E-state index is -3.87. The fourth-order valence-corrected chi connectivity index (χ4v) is 6.13. The highest BCUT2D eigenvalue weighted by atomic mass is 32.2. The van der Waals surface area contributed by atoms with Gasteiger partial charge in [-0.3, -0.25) is 14.4 Å². The molecule has 1 unspecified atom stereocenters. The number of ketones is 1. The molecule has 2 aliphatic rings. The molecule has 0 saturated carbocycles. The van der Waals surface area contributed by atoms with Gasteiger partial charge in [-0.25, -0.2) is 12.7 Å². The van der Waals surface area contributed by atoms with Gasteiger partial charge in [-0.05, 0) is 45.3 Å². The number of carbonyl (C=O) groups is 3. The van der Waals surface area contributed by atoms with E-state index in [-0.39, 0.29) is 29.1 Å². The predicted octanol–water partition coefficient (Wildman–Crippen LogP) is 2.00. The number of benzene rings is 2. The highest BCUT2D eigenvalue weighted by Gasteiger charge is 2.66. The van der Waals surface area contributed by atoms with E-state index in [1.807, 2.05) is 19.0 Å². The molecule has 0 radical (unpaired) electrons. The summed E-state index contributed by atoms with van der Waals surface area (Å²) < 4.78 is 26.6. The molecule has 2 amide bonds. The highest BCUT2D eigenvalue weighted by molar-refractivity contribution is 7.89. The Kier molecular flexibility index (Phi) is 7.53. The minimum absolute atomic E-state index is 0.00366. The smallest absolute Gasteiger partial charge is 0.296 e. The van der Waals surface area contributed by atoms with Crippen molar-refractivity contribution in [1.29, 1.82) is 0 Å². The lowest BCUT2D eigenvalue weighted by atomic mass is 9.82. The summed E-state index contributed by atoms with van der Waals surface area (Å²) >= 11 is 0. The van der Waals surface area contributed by atoms with E-state index in [0.29, 0.717) is 24.2 Å². The molecule has 2 heterocycles. The number of para-hydroxylation sites is 1. The summed E-state index contributed by atoms with van der Waals surface area (Å²) in [4.78, 5) is 46.0.